The van der Waals surface area contributed by atoms with Crippen molar-refractivity contribution in [1.29, 1.82) is 0 Å². The Morgan fingerprint density at radius 3 is 3.05 bits per heavy atom. The van der Waals surface area contributed by atoms with Crippen LogP contribution in [0.5, 0.6) is 0 Å². The minimum absolute atomic E-state index is 0.504. The van der Waals surface area contributed by atoms with Crippen LogP contribution in [0.25, 0.3) is 5.65 Å². The molecular weight excluding hydrogens is 254 g/mol. The minimum atomic E-state index is 0.504. The summed E-state index contributed by atoms with van der Waals surface area (Å²) in [6, 6.07) is 1.99. The molecule has 1 aliphatic carbocycles. The number of aryl methyl sites for hydroxylation is 1. The van der Waals surface area contributed by atoms with E-state index in [0.717, 1.165) is 36.5 Å². The first-order chi connectivity index (χ1) is 9.83. The Morgan fingerprint density at radius 2 is 2.25 bits per heavy atom. The number of ether oxygens (including phenoxy) is 1. The van der Waals surface area contributed by atoms with Crippen LogP contribution < -0.4 is 11.1 Å². The Labute approximate surface area is 118 Å². The molecule has 0 saturated heterocycles. The van der Waals surface area contributed by atoms with E-state index in [1.807, 2.05) is 10.6 Å². The first kappa shape index (κ1) is 13.3. The third-order valence-electron chi connectivity index (χ3n) is 3.66. The Kier molecular flexibility index (Phi) is 3.84. The number of nitrogens with zero attached hydrogens (tertiary/aromatic N) is 3. The van der Waals surface area contributed by atoms with Crippen LogP contribution in [0.4, 0.5) is 5.82 Å². The van der Waals surface area contributed by atoms with Gasteiger partial charge in [0.2, 0.25) is 0 Å². The summed E-state index contributed by atoms with van der Waals surface area (Å²) in [4.78, 5) is 4.76. The number of aromatic nitrogens is 3. The van der Waals surface area contributed by atoms with E-state index in [-0.39, 0.29) is 0 Å². The summed E-state index contributed by atoms with van der Waals surface area (Å²) in [6.07, 6.45) is 4.54. The van der Waals surface area contributed by atoms with Gasteiger partial charge in [0.25, 0.3) is 0 Å². The first-order valence-electron chi connectivity index (χ1n) is 7.16. The van der Waals surface area contributed by atoms with Crippen molar-refractivity contribution >= 4 is 11.5 Å². The number of fused-ring (bicyclic) bond motifs is 2. The van der Waals surface area contributed by atoms with Gasteiger partial charge in [-0.1, -0.05) is 0 Å². The smallest absolute Gasteiger partial charge is 0.157 e. The van der Waals surface area contributed by atoms with Crippen molar-refractivity contribution in [1.82, 2.24) is 14.6 Å². The largest absolute Gasteiger partial charge is 0.378 e. The highest BCUT2D eigenvalue weighted by molar-refractivity contribution is 5.57. The van der Waals surface area contributed by atoms with Crippen molar-refractivity contribution < 1.29 is 4.74 Å². The standard InChI is InChI=1S/C14H21N5O/c1-20-9-10-8-13-17-12-5-3-2-4-11(12)14(16-7-6-15)19(13)18-10/h8,16H,2-7,9,15H2,1H3. The SMILES string of the molecule is COCc1cc2nc3c(c(NCCN)n2n1)CCCC3. The van der Waals surface area contributed by atoms with Crippen molar-refractivity contribution in [2.24, 2.45) is 5.73 Å². The van der Waals surface area contributed by atoms with Crippen LogP contribution in [0.2, 0.25) is 0 Å². The molecule has 0 saturated carbocycles. The van der Waals surface area contributed by atoms with Crippen LogP contribution in [0.1, 0.15) is 29.8 Å². The second-order valence-corrected chi connectivity index (χ2v) is 5.15. The van der Waals surface area contributed by atoms with E-state index in [1.54, 1.807) is 7.11 Å². The molecule has 20 heavy (non-hydrogen) atoms. The molecule has 0 atom stereocenters. The summed E-state index contributed by atoms with van der Waals surface area (Å²) in [5.41, 5.74) is 9.91. The van der Waals surface area contributed by atoms with Gasteiger partial charge in [0, 0.05) is 37.5 Å². The van der Waals surface area contributed by atoms with E-state index >= 15 is 0 Å². The van der Waals surface area contributed by atoms with Crippen LogP contribution >= 0.6 is 0 Å². The average molecular weight is 275 g/mol. The predicted molar refractivity (Wildman–Crippen MR) is 77.9 cm³/mol. The Hall–Kier alpha value is -1.66. The molecule has 2 aromatic heterocycles. The molecule has 2 aromatic rings. The number of hydrogen-bond acceptors (Lipinski definition) is 5. The number of rotatable bonds is 5. The highest BCUT2D eigenvalue weighted by atomic mass is 16.5. The Morgan fingerprint density at radius 1 is 1.40 bits per heavy atom. The topological polar surface area (TPSA) is 77.5 Å². The van der Waals surface area contributed by atoms with Crippen molar-refractivity contribution in [2.45, 2.75) is 32.3 Å². The lowest BCUT2D eigenvalue weighted by Crippen LogP contribution is -2.19. The van der Waals surface area contributed by atoms with E-state index in [0.29, 0.717) is 13.2 Å². The average Bonchev–Trinajstić information content (AvgIpc) is 2.86. The fourth-order valence-electron chi connectivity index (χ4n) is 2.79. The van der Waals surface area contributed by atoms with Crippen molar-refractivity contribution in [2.75, 3.05) is 25.5 Å². The predicted octanol–water partition coefficient (Wildman–Crippen LogP) is 1.13. The van der Waals surface area contributed by atoms with Crippen LogP contribution in [-0.2, 0) is 24.2 Å². The number of nitrogens with one attached hydrogen (secondary N) is 1. The van der Waals surface area contributed by atoms with Crippen LogP contribution in [0.3, 0.4) is 0 Å². The zero-order valence-corrected chi connectivity index (χ0v) is 11.9. The minimum Gasteiger partial charge on any atom is -0.378 e. The molecule has 0 aromatic carbocycles. The highest BCUT2D eigenvalue weighted by Crippen LogP contribution is 2.27. The third-order valence-corrected chi connectivity index (χ3v) is 3.66. The van der Waals surface area contributed by atoms with E-state index in [1.165, 1.54) is 24.1 Å². The van der Waals surface area contributed by atoms with Crippen molar-refractivity contribution in [3.63, 3.8) is 0 Å². The number of hydrogen-bond donors (Lipinski definition) is 2. The Balaban J connectivity index is 2.11. The zero-order valence-electron chi connectivity index (χ0n) is 11.9. The summed E-state index contributed by atoms with van der Waals surface area (Å²) in [5, 5.41) is 8.00. The summed E-state index contributed by atoms with van der Waals surface area (Å²) < 4.78 is 7.06. The highest BCUT2D eigenvalue weighted by Gasteiger charge is 2.19. The van der Waals surface area contributed by atoms with Gasteiger partial charge in [-0.15, -0.1) is 0 Å². The molecule has 0 aliphatic heterocycles. The second kappa shape index (κ2) is 5.76. The zero-order chi connectivity index (χ0) is 13.9. The van der Waals surface area contributed by atoms with Crippen molar-refractivity contribution in [3.05, 3.63) is 23.0 Å². The molecule has 3 rings (SSSR count). The second-order valence-electron chi connectivity index (χ2n) is 5.15. The number of methoxy groups -OCH3 is 1. The molecule has 0 fully saturated rings. The van der Waals surface area contributed by atoms with Gasteiger partial charge >= 0.3 is 0 Å². The van der Waals surface area contributed by atoms with Crippen molar-refractivity contribution in [3.8, 4) is 0 Å². The first-order valence-corrected chi connectivity index (χ1v) is 7.16. The lowest BCUT2D eigenvalue weighted by atomic mass is 9.96. The maximum Gasteiger partial charge on any atom is 0.157 e. The monoisotopic (exact) mass is 275 g/mol. The van der Waals surface area contributed by atoms with E-state index in [2.05, 4.69) is 10.4 Å². The molecule has 0 bridgehead atoms. The van der Waals surface area contributed by atoms with E-state index < -0.39 is 0 Å². The van der Waals surface area contributed by atoms with Crippen LogP contribution in [-0.4, -0.2) is 34.8 Å². The number of nitrogens with two attached hydrogens (primary N) is 1. The van der Waals surface area contributed by atoms with E-state index in [4.69, 9.17) is 15.5 Å². The summed E-state index contributed by atoms with van der Waals surface area (Å²) in [6.45, 7) is 1.85. The van der Waals surface area contributed by atoms with Gasteiger partial charge in [-0.2, -0.15) is 9.61 Å². The summed E-state index contributed by atoms with van der Waals surface area (Å²) in [7, 11) is 1.68. The molecule has 0 unspecified atom stereocenters. The fourth-order valence-corrected chi connectivity index (χ4v) is 2.79. The van der Waals surface area contributed by atoms with Gasteiger partial charge in [0.15, 0.2) is 5.65 Å². The molecule has 6 heteroatoms. The lowest BCUT2D eigenvalue weighted by molar-refractivity contribution is 0.181. The molecule has 0 spiro atoms. The number of anilines is 1. The van der Waals surface area contributed by atoms with Gasteiger partial charge in [0.1, 0.15) is 5.82 Å². The van der Waals surface area contributed by atoms with E-state index in [9.17, 15) is 0 Å². The molecule has 2 heterocycles. The normalized spacial score (nSPS) is 14.5. The molecule has 0 amide bonds. The third kappa shape index (κ3) is 2.36. The van der Waals surface area contributed by atoms with Gasteiger partial charge in [-0.25, -0.2) is 4.98 Å². The van der Waals surface area contributed by atoms with Gasteiger partial charge < -0.3 is 15.8 Å². The molecule has 3 N–H and O–H groups in total. The fraction of sp³-hybridized carbons (Fsp3) is 0.571. The maximum absolute atomic E-state index is 5.62. The quantitative estimate of drug-likeness (QED) is 0.855. The lowest BCUT2D eigenvalue weighted by Gasteiger charge is -2.20. The van der Waals surface area contributed by atoms with Gasteiger partial charge in [0.05, 0.1) is 12.3 Å². The summed E-state index contributed by atoms with van der Waals surface area (Å²) >= 11 is 0. The van der Waals surface area contributed by atoms with Gasteiger partial charge in [-0.05, 0) is 25.7 Å². The molecule has 1 aliphatic rings. The van der Waals surface area contributed by atoms with Crippen LogP contribution in [0.15, 0.2) is 6.07 Å². The molecule has 0 radical (unpaired) electrons. The van der Waals surface area contributed by atoms with Gasteiger partial charge in [-0.3, -0.25) is 0 Å². The molecular formula is C14H21N5O. The molecule has 6 nitrogen and oxygen atoms in total. The maximum atomic E-state index is 5.62. The molecule has 108 valence electrons. The summed E-state index contributed by atoms with van der Waals surface area (Å²) in [5.74, 6) is 1.05. The van der Waals surface area contributed by atoms with Crippen LogP contribution in [0, 0.1) is 0 Å². The Bertz CT molecular complexity index is 607.